The number of carbonyl (C=O) groups is 1. The molecule has 1 amide bonds. The molecule has 0 saturated heterocycles. The predicted molar refractivity (Wildman–Crippen MR) is 70.4 cm³/mol. The fourth-order valence-corrected chi connectivity index (χ4v) is 1.78. The summed E-state index contributed by atoms with van der Waals surface area (Å²) in [6.07, 6.45) is 0. The first-order valence-electron chi connectivity index (χ1n) is 5.88. The molecule has 0 fully saturated rings. The zero-order chi connectivity index (χ0) is 13.8. The van der Waals surface area contributed by atoms with Crippen molar-refractivity contribution in [3.63, 3.8) is 0 Å². The number of hydrogen-bond donors (Lipinski definition) is 2. The standard InChI is InChI=1S/C15H14FNO2/c1-10-8-13(18)6-7-14(10)15(19)17-9-11-2-4-12(16)5-3-11/h2-8,18H,9H2,1H3,(H,17,19). The van der Waals surface area contributed by atoms with E-state index >= 15 is 0 Å². The van der Waals surface area contributed by atoms with Crippen LogP contribution in [0.5, 0.6) is 5.75 Å². The molecule has 2 N–H and O–H groups in total. The maximum Gasteiger partial charge on any atom is 0.251 e. The average molecular weight is 259 g/mol. The number of rotatable bonds is 3. The number of nitrogens with one attached hydrogen (secondary N) is 1. The van der Waals surface area contributed by atoms with Crippen LogP contribution in [0.2, 0.25) is 0 Å². The predicted octanol–water partition coefficient (Wildman–Crippen LogP) is 2.77. The van der Waals surface area contributed by atoms with Crippen molar-refractivity contribution < 1.29 is 14.3 Å². The summed E-state index contributed by atoms with van der Waals surface area (Å²) >= 11 is 0. The van der Waals surface area contributed by atoms with Crippen LogP contribution in [0.15, 0.2) is 42.5 Å². The van der Waals surface area contributed by atoms with Crippen molar-refractivity contribution in [1.29, 1.82) is 0 Å². The molecular formula is C15H14FNO2. The molecular weight excluding hydrogens is 245 g/mol. The number of benzene rings is 2. The van der Waals surface area contributed by atoms with Gasteiger partial charge in [0.1, 0.15) is 11.6 Å². The van der Waals surface area contributed by atoms with E-state index < -0.39 is 0 Å². The zero-order valence-electron chi connectivity index (χ0n) is 10.5. The number of hydrogen-bond acceptors (Lipinski definition) is 2. The van der Waals surface area contributed by atoms with Crippen molar-refractivity contribution in [3.05, 3.63) is 65.0 Å². The maximum atomic E-state index is 12.7. The molecule has 19 heavy (non-hydrogen) atoms. The van der Waals surface area contributed by atoms with E-state index in [0.29, 0.717) is 17.7 Å². The normalized spacial score (nSPS) is 10.2. The first-order chi connectivity index (χ1) is 9.06. The molecule has 4 heteroatoms. The second-order valence-corrected chi connectivity index (χ2v) is 4.31. The van der Waals surface area contributed by atoms with Gasteiger partial charge in [-0.25, -0.2) is 4.39 Å². The van der Waals surface area contributed by atoms with E-state index in [9.17, 15) is 14.3 Å². The minimum atomic E-state index is -0.301. The third kappa shape index (κ3) is 3.31. The van der Waals surface area contributed by atoms with Crippen molar-refractivity contribution in [3.8, 4) is 5.75 Å². The maximum absolute atomic E-state index is 12.7. The zero-order valence-corrected chi connectivity index (χ0v) is 10.5. The molecule has 2 rings (SSSR count). The van der Waals surface area contributed by atoms with E-state index in [2.05, 4.69) is 5.32 Å². The third-order valence-corrected chi connectivity index (χ3v) is 2.82. The van der Waals surface area contributed by atoms with Gasteiger partial charge in [-0.05, 0) is 48.4 Å². The van der Waals surface area contributed by atoms with E-state index in [-0.39, 0.29) is 17.5 Å². The first kappa shape index (κ1) is 13.1. The van der Waals surface area contributed by atoms with Gasteiger partial charge in [0, 0.05) is 12.1 Å². The highest BCUT2D eigenvalue weighted by Crippen LogP contribution is 2.15. The number of carbonyl (C=O) groups excluding carboxylic acids is 1. The van der Waals surface area contributed by atoms with Gasteiger partial charge in [0.2, 0.25) is 0 Å². The number of phenolic OH excluding ortho intramolecular Hbond substituents is 1. The lowest BCUT2D eigenvalue weighted by Gasteiger charge is -2.08. The summed E-state index contributed by atoms with van der Waals surface area (Å²) in [5.41, 5.74) is 2.04. The molecule has 0 aliphatic carbocycles. The third-order valence-electron chi connectivity index (χ3n) is 2.82. The number of aromatic hydroxyl groups is 1. The fourth-order valence-electron chi connectivity index (χ4n) is 1.78. The fraction of sp³-hybridized carbons (Fsp3) is 0.133. The minimum absolute atomic E-state index is 0.132. The number of halogens is 1. The minimum Gasteiger partial charge on any atom is -0.508 e. The van der Waals surface area contributed by atoms with E-state index in [1.165, 1.54) is 24.3 Å². The van der Waals surface area contributed by atoms with Crippen molar-refractivity contribution >= 4 is 5.91 Å². The molecule has 2 aromatic rings. The Balaban J connectivity index is 2.03. The van der Waals surface area contributed by atoms with Crippen LogP contribution in [-0.4, -0.2) is 11.0 Å². The summed E-state index contributed by atoms with van der Waals surface area (Å²) in [4.78, 5) is 12.0. The van der Waals surface area contributed by atoms with Crippen LogP contribution in [-0.2, 0) is 6.54 Å². The average Bonchev–Trinajstić information content (AvgIpc) is 2.37. The molecule has 2 aromatic carbocycles. The summed E-state index contributed by atoms with van der Waals surface area (Å²) < 4.78 is 12.7. The van der Waals surface area contributed by atoms with E-state index in [4.69, 9.17) is 0 Å². The molecule has 0 aliphatic rings. The van der Waals surface area contributed by atoms with Gasteiger partial charge >= 0.3 is 0 Å². The quantitative estimate of drug-likeness (QED) is 0.890. The summed E-state index contributed by atoms with van der Waals surface area (Å²) in [6, 6.07) is 10.5. The summed E-state index contributed by atoms with van der Waals surface area (Å²) in [5, 5.41) is 12.0. The lowest BCUT2D eigenvalue weighted by atomic mass is 10.1. The van der Waals surface area contributed by atoms with Gasteiger partial charge in [-0.1, -0.05) is 12.1 Å². The number of amides is 1. The molecule has 0 spiro atoms. The monoisotopic (exact) mass is 259 g/mol. The Bertz CT molecular complexity index is 594. The lowest BCUT2D eigenvalue weighted by molar-refractivity contribution is 0.0950. The molecule has 0 bridgehead atoms. The summed E-state index contributed by atoms with van der Waals surface area (Å²) in [6.45, 7) is 2.09. The Morgan fingerprint density at radius 3 is 2.53 bits per heavy atom. The smallest absolute Gasteiger partial charge is 0.251 e. The van der Waals surface area contributed by atoms with Gasteiger partial charge < -0.3 is 10.4 Å². The Hall–Kier alpha value is -2.36. The van der Waals surface area contributed by atoms with Crippen molar-refractivity contribution in [2.24, 2.45) is 0 Å². The summed E-state index contributed by atoms with van der Waals surface area (Å²) in [7, 11) is 0. The number of aryl methyl sites for hydroxylation is 1. The molecule has 0 unspecified atom stereocenters. The van der Waals surface area contributed by atoms with Crippen LogP contribution >= 0.6 is 0 Å². The molecule has 0 radical (unpaired) electrons. The van der Waals surface area contributed by atoms with Gasteiger partial charge in [-0.2, -0.15) is 0 Å². The van der Waals surface area contributed by atoms with Crippen LogP contribution in [0, 0.1) is 12.7 Å². The van der Waals surface area contributed by atoms with Gasteiger partial charge in [0.25, 0.3) is 5.91 Å². The van der Waals surface area contributed by atoms with Gasteiger partial charge in [0.05, 0.1) is 0 Å². The Morgan fingerprint density at radius 2 is 1.89 bits per heavy atom. The Labute approximate surface area is 110 Å². The van der Waals surface area contributed by atoms with Gasteiger partial charge in [-0.15, -0.1) is 0 Å². The first-order valence-corrected chi connectivity index (χ1v) is 5.88. The highest BCUT2D eigenvalue weighted by molar-refractivity contribution is 5.95. The Kier molecular flexibility index (Phi) is 3.80. The van der Waals surface area contributed by atoms with E-state index in [0.717, 1.165) is 5.56 Å². The largest absolute Gasteiger partial charge is 0.508 e. The van der Waals surface area contributed by atoms with Gasteiger partial charge in [0.15, 0.2) is 0 Å². The van der Waals surface area contributed by atoms with Crippen LogP contribution in [0.4, 0.5) is 4.39 Å². The molecule has 0 aliphatic heterocycles. The van der Waals surface area contributed by atoms with Crippen LogP contribution < -0.4 is 5.32 Å². The van der Waals surface area contributed by atoms with Crippen molar-refractivity contribution in [2.45, 2.75) is 13.5 Å². The number of phenols is 1. The topological polar surface area (TPSA) is 49.3 Å². The van der Waals surface area contributed by atoms with Crippen molar-refractivity contribution in [1.82, 2.24) is 5.32 Å². The van der Waals surface area contributed by atoms with Crippen LogP contribution in [0.25, 0.3) is 0 Å². The Morgan fingerprint density at radius 1 is 1.21 bits per heavy atom. The molecule has 0 aromatic heterocycles. The molecule has 0 atom stereocenters. The van der Waals surface area contributed by atoms with Crippen LogP contribution in [0.3, 0.4) is 0 Å². The lowest BCUT2D eigenvalue weighted by Crippen LogP contribution is -2.23. The van der Waals surface area contributed by atoms with E-state index in [1.807, 2.05) is 0 Å². The van der Waals surface area contributed by atoms with Crippen molar-refractivity contribution in [2.75, 3.05) is 0 Å². The molecule has 98 valence electrons. The van der Waals surface area contributed by atoms with Gasteiger partial charge in [-0.3, -0.25) is 4.79 Å². The van der Waals surface area contributed by atoms with E-state index in [1.54, 1.807) is 25.1 Å². The second-order valence-electron chi connectivity index (χ2n) is 4.31. The van der Waals surface area contributed by atoms with Crippen LogP contribution in [0.1, 0.15) is 21.5 Å². The summed E-state index contributed by atoms with van der Waals surface area (Å²) in [5.74, 6) is -0.390. The highest BCUT2D eigenvalue weighted by Gasteiger charge is 2.08. The molecule has 0 heterocycles. The molecule has 3 nitrogen and oxygen atoms in total. The molecule has 0 saturated carbocycles. The SMILES string of the molecule is Cc1cc(O)ccc1C(=O)NCc1ccc(F)cc1. The highest BCUT2D eigenvalue weighted by atomic mass is 19.1. The second kappa shape index (κ2) is 5.52.